The Bertz CT molecular complexity index is 1830. The molecule has 0 amide bonds. The molecule has 4 aromatic rings. The topological polar surface area (TPSA) is 0 Å². The fraction of sp³-hybridized carbons (Fsp3) is 0.233. The first-order valence-electron chi connectivity index (χ1n) is 16.0. The molecule has 0 bridgehead atoms. The van der Waals surface area contributed by atoms with Crippen molar-refractivity contribution in [2.45, 2.75) is 54.4 Å². The number of benzene rings is 4. The summed E-state index contributed by atoms with van der Waals surface area (Å²) in [7, 11) is 0. The average molecular weight is 723 g/mol. The van der Waals surface area contributed by atoms with E-state index in [2.05, 4.69) is 152 Å². The first-order chi connectivity index (χ1) is 21.1. The van der Waals surface area contributed by atoms with E-state index in [-0.39, 0.29) is 30.2 Å². The summed E-state index contributed by atoms with van der Waals surface area (Å²) < 4.78 is 4.87. The summed E-state index contributed by atoms with van der Waals surface area (Å²) in [6, 6.07) is 30.4. The molecule has 234 valence electrons. The van der Waals surface area contributed by atoms with Gasteiger partial charge in [0.1, 0.15) is 0 Å². The zero-order chi connectivity index (χ0) is 31.2. The van der Waals surface area contributed by atoms with Gasteiger partial charge in [-0.15, -0.1) is 0 Å². The molecule has 2 aliphatic rings. The van der Waals surface area contributed by atoms with Crippen molar-refractivity contribution >= 4 is 18.6 Å². The number of allylic oxidation sites excluding steroid dienone is 4. The Balaban J connectivity index is 0.00000240. The maximum Gasteiger partial charge on any atom is -1.00 e. The van der Waals surface area contributed by atoms with Gasteiger partial charge in [0.25, 0.3) is 0 Å². The average Bonchev–Trinajstić information content (AvgIpc) is 3.62. The third-order valence-corrected chi connectivity index (χ3v) is 17.2. The number of hydrogen-bond acceptors (Lipinski definition) is 0. The van der Waals surface area contributed by atoms with Gasteiger partial charge >= 0.3 is 274 Å². The Hall–Kier alpha value is -2.83. The molecule has 0 radical (unpaired) electrons. The van der Waals surface area contributed by atoms with Crippen molar-refractivity contribution in [1.29, 1.82) is 0 Å². The number of halogens is 2. The molecule has 0 aromatic heterocycles. The molecule has 6 rings (SSSR count). The minimum atomic E-state index is -2.88. The summed E-state index contributed by atoms with van der Waals surface area (Å²) in [4.78, 5) is 0. The van der Waals surface area contributed by atoms with Crippen LogP contribution in [0.3, 0.4) is 0 Å². The number of rotatable bonds is 7. The van der Waals surface area contributed by atoms with Crippen LogP contribution in [0.2, 0.25) is 0 Å². The summed E-state index contributed by atoms with van der Waals surface area (Å²) in [5.74, 6) is 0.462. The summed E-state index contributed by atoms with van der Waals surface area (Å²) in [5, 5.41) is 0. The molecule has 0 spiro atoms. The van der Waals surface area contributed by atoms with Crippen molar-refractivity contribution in [2.24, 2.45) is 11.3 Å². The van der Waals surface area contributed by atoms with Crippen molar-refractivity contribution < 1.29 is 46.1 Å². The molecule has 0 nitrogen and oxygen atoms in total. The summed E-state index contributed by atoms with van der Waals surface area (Å²) >= 11 is -2.88. The molecule has 1 unspecified atom stereocenters. The van der Waals surface area contributed by atoms with E-state index in [4.69, 9.17) is 0 Å². The molecule has 0 fully saturated rings. The summed E-state index contributed by atoms with van der Waals surface area (Å²) in [6.07, 6.45) is 11.4. The Labute approximate surface area is 297 Å². The first kappa shape index (κ1) is 36.0. The van der Waals surface area contributed by atoms with Gasteiger partial charge in [0.2, 0.25) is 0 Å². The third kappa shape index (κ3) is 6.89. The maximum absolute atomic E-state index is 4.27. The second kappa shape index (κ2) is 14.5. The summed E-state index contributed by atoms with van der Waals surface area (Å²) in [5.41, 5.74) is 15.0. The van der Waals surface area contributed by atoms with Gasteiger partial charge in [-0.25, -0.2) is 0 Å². The quantitative estimate of drug-likeness (QED) is 0.231. The normalized spacial score (nSPS) is 14.4. The van der Waals surface area contributed by atoms with Gasteiger partial charge in [-0.2, -0.15) is 0 Å². The van der Waals surface area contributed by atoms with E-state index in [0.717, 1.165) is 12.8 Å². The van der Waals surface area contributed by atoms with Crippen molar-refractivity contribution in [2.75, 3.05) is 0 Å². The maximum atomic E-state index is 4.27. The molecule has 0 saturated heterocycles. The van der Waals surface area contributed by atoms with E-state index in [1.54, 1.807) is 9.76 Å². The number of aryl methyl sites for hydroxylation is 2. The van der Waals surface area contributed by atoms with Gasteiger partial charge in [-0.3, -0.25) is 0 Å². The van der Waals surface area contributed by atoms with Gasteiger partial charge in [0, 0.05) is 0 Å². The first-order valence-corrected chi connectivity index (χ1v) is 19.7. The molecule has 2 aliphatic carbocycles. The zero-order valence-corrected chi connectivity index (χ0v) is 31.9. The fourth-order valence-electron chi connectivity index (χ4n) is 6.80. The standard InChI is InChI=1S/C17H13.C15H14.C11H17.2ClH.Zr/c1-3-12-5-7-14-11-15-8-6-13(4-2)10-17(15)16(14)9-12;1-12-3-7-14(8-4-12)11-15-9-5-13(2)6-10-15;1-5-9-6-7-10(8-9)11(2,3)4;;;/h3-7,9-10H,1-2,11H2;3-10H,1-2H3;7-9H,5H2,1-4H3;2*1H;/q;;;;;+2/p-2. The third-order valence-electron chi connectivity index (χ3n) is 9.42. The van der Waals surface area contributed by atoms with Crippen molar-refractivity contribution in [3.63, 3.8) is 0 Å². The smallest absolute Gasteiger partial charge is 1.00 e. The van der Waals surface area contributed by atoms with Crippen LogP contribution in [0.4, 0.5) is 0 Å². The second-order valence-corrected chi connectivity index (χ2v) is 19.4. The molecule has 46 heavy (non-hydrogen) atoms. The van der Waals surface area contributed by atoms with Gasteiger partial charge in [-0.05, 0) is 0 Å². The molecule has 0 saturated carbocycles. The minimum absolute atomic E-state index is 0. The van der Waals surface area contributed by atoms with Crippen LogP contribution in [0.1, 0.15) is 78.6 Å². The van der Waals surface area contributed by atoms with Crippen LogP contribution in [0.15, 0.2) is 113 Å². The van der Waals surface area contributed by atoms with Crippen molar-refractivity contribution in [3.05, 3.63) is 158 Å². The predicted molar refractivity (Wildman–Crippen MR) is 189 cm³/mol. The van der Waals surface area contributed by atoms with Gasteiger partial charge in [0.05, 0.1) is 0 Å². The van der Waals surface area contributed by atoms with Gasteiger partial charge in [0.15, 0.2) is 0 Å². The van der Waals surface area contributed by atoms with Crippen molar-refractivity contribution in [1.82, 2.24) is 0 Å². The monoisotopic (exact) mass is 720 g/mol. The molecular formula is C43H44Cl2Zr. The van der Waals surface area contributed by atoms with E-state index < -0.39 is 21.3 Å². The van der Waals surface area contributed by atoms with Crippen LogP contribution in [0.5, 0.6) is 0 Å². The van der Waals surface area contributed by atoms with Crippen molar-refractivity contribution in [3.8, 4) is 11.1 Å². The van der Waals surface area contributed by atoms with E-state index in [0.29, 0.717) is 5.92 Å². The molecular weight excluding hydrogens is 679 g/mol. The molecule has 0 aliphatic heterocycles. The molecule has 3 heteroatoms. The van der Waals surface area contributed by atoms with E-state index in [1.807, 2.05) is 6.08 Å². The van der Waals surface area contributed by atoms with Crippen LogP contribution in [-0.4, -0.2) is 3.21 Å². The Morgan fingerprint density at radius 3 is 1.87 bits per heavy atom. The minimum Gasteiger partial charge on any atom is -1.00 e. The van der Waals surface area contributed by atoms with Crippen LogP contribution < -0.4 is 28.1 Å². The Kier molecular flexibility index (Phi) is 11.4. The molecule has 1 atom stereocenters. The summed E-state index contributed by atoms with van der Waals surface area (Å²) in [6.45, 7) is 22.2. The van der Waals surface area contributed by atoms with Crippen LogP contribution in [0, 0.1) is 25.2 Å². The largest absolute Gasteiger partial charge is 1.00 e. The van der Waals surface area contributed by atoms with Crippen LogP contribution >= 0.6 is 0 Å². The molecule has 0 heterocycles. The van der Waals surface area contributed by atoms with E-state index in [9.17, 15) is 0 Å². The predicted octanol–water partition coefficient (Wildman–Crippen LogP) is 4.58. The van der Waals surface area contributed by atoms with Crippen LogP contribution in [0.25, 0.3) is 23.3 Å². The van der Waals surface area contributed by atoms with E-state index in [1.165, 1.54) is 61.2 Å². The fourth-order valence-corrected chi connectivity index (χ4v) is 15.6. The zero-order valence-electron chi connectivity index (χ0n) is 28.0. The van der Waals surface area contributed by atoms with Gasteiger partial charge < -0.3 is 24.8 Å². The van der Waals surface area contributed by atoms with Gasteiger partial charge in [-0.1, -0.05) is 0 Å². The molecule has 0 N–H and O–H groups in total. The SMILES string of the molecule is C=Cc1ccc2c(c1)-c1cc(C=C)c[c]([Zr+2]([C]3=CC(C(C)(C)C)=CC3CC)=[C](c3ccc(C)cc3)c3ccc(C)cc3)c1C2.[Cl-].[Cl-]. The Morgan fingerprint density at radius 2 is 1.35 bits per heavy atom. The second-order valence-electron chi connectivity index (χ2n) is 13.6. The van der Waals surface area contributed by atoms with Crippen LogP contribution in [-0.2, 0) is 27.7 Å². The molecule has 4 aromatic carbocycles. The Morgan fingerprint density at radius 1 is 0.783 bits per heavy atom. The van der Waals surface area contributed by atoms with E-state index >= 15 is 0 Å². The number of hydrogen-bond donors (Lipinski definition) is 0. The number of fused-ring (bicyclic) bond motifs is 3.